The third-order valence-corrected chi connectivity index (χ3v) is 3.96. The van der Waals surface area contributed by atoms with Crippen molar-refractivity contribution in [3.05, 3.63) is 34.2 Å². The second kappa shape index (κ2) is 6.15. The smallest absolute Gasteiger partial charge is 0.259 e. The number of pyridine rings is 1. The third kappa shape index (κ3) is 3.05. The highest BCUT2D eigenvalue weighted by Gasteiger charge is 2.26. The standard InChI is InChI=1S/C13H18N4O2S/c1-9(12(14)20)16-4-6-17(7-5-16)13(19)10-8-15-3-2-11(10)18/h2-3,8-9H,4-7H2,1H3,(H2,14,20)(H,15,18). The van der Waals surface area contributed by atoms with Crippen LogP contribution in [-0.4, -0.2) is 57.9 Å². The van der Waals surface area contributed by atoms with Crippen molar-refractivity contribution >= 4 is 23.1 Å². The van der Waals surface area contributed by atoms with Gasteiger partial charge in [0, 0.05) is 44.6 Å². The SMILES string of the molecule is CC(C(N)=S)N1CCN(C(=O)c2c[nH]ccc2=O)CC1. The van der Waals surface area contributed by atoms with Crippen molar-refractivity contribution in [3.63, 3.8) is 0 Å². The van der Waals surface area contributed by atoms with Crippen LogP contribution in [0, 0.1) is 0 Å². The molecule has 6 nitrogen and oxygen atoms in total. The molecule has 7 heteroatoms. The van der Waals surface area contributed by atoms with Gasteiger partial charge in [-0.3, -0.25) is 14.5 Å². The van der Waals surface area contributed by atoms with Crippen LogP contribution >= 0.6 is 12.2 Å². The van der Waals surface area contributed by atoms with Gasteiger partial charge in [0.1, 0.15) is 5.56 Å². The molecular formula is C13H18N4O2S. The van der Waals surface area contributed by atoms with Crippen LogP contribution in [0.2, 0.25) is 0 Å². The number of nitrogens with one attached hydrogen (secondary N) is 1. The molecule has 20 heavy (non-hydrogen) atoms. The van der Waals surface area contributed by atoms with Crippen LogP contribution in [0.25, 0.3) is 0 Å². The summed E-state index contributed by atoms with van der Waals surface area (Å²) < 4.78 is 0. The van der Waals surface area contributed by atoms with Crippen molar-refractivity contribution in [1.29, 1.82) is 0 Å². The zero-order valence-corrected chi connectivity index (χ0v) is 12.2. The Labute approximate surface area is 122 Å². The van der Waals surface area contributed by atoms with Gasteiger partial charge in [0.15, 0.2) is 5.43 Å². The van der Waals surface area contributed by atoms with Gasteiger partial charge in [-0.2, -0.15) is 0 Å². The van der Waals surface area contributed by atoms with Crippen molar-refractivity contribution in [1.82, 2.24) is 14.8 Å². The molecule has 1 aromatic heterocycles. The number of rotatable bonds is 3. The number of hydrogen-bond acceptors (Lipinski definition) is 4. The van der Waals surface area contributed by atoms with Crippen LogP contribution < -0.4 is 11.2 Å². The average Bonchev–Trinajstić information content (AvgIpc) is 2.46. The second-order valence-electron chi connectivity index (χ2n) is 4.83. The fraction of sp³-hybridized carbons (Fsp3) is 0.462. The average molecular weight is 294 g/mol. The van der Waals surface area contributed by atoms with Crippen molar-refractivity contribution in [2.75, 3.05) is 26.2 Å². The predicted molar refractivity (Wildman–Crippen MR) is 80.8 cm³/mol. The lowest BCUT2D eigenvalue weighted by Crippen LogP contribution is -2.54. The summed E-state index contributed by atoms with van der Waals surface area (Å²) in [6.45, 7) is 4.51. The highest BCUT2D eigenvalue weighted by atomic mass is 32.1. The molecule has 1 aromatic rings. The van der Waals surface area contributed by atoms with Crippen LogP contribution in [0.1, 0.15) is 17.3 Å². The third-order valence-electron chi connectivity index (χ3n) is 3.62. The summed E-state index contributed by atoms with van der Waals surface area (Å²) in [6.07, 6.45) is 2.97. The van der Waals surface area contributed by atoms with Crippen LogP contribution in [0.15, 0.2) is 23.3 Å². The maximum atomic E-state index is 12.3. The van der Waals surface area contributed by atoms with Crippen LogP contribution in [-0.2, 0) is 0 Å². The summed E-state index contributed by atoms with van der Waals surface area (Å²) in [5, 5.41) is 0. The molecule has 0 saturated carbocycles. The first kappa shape index (κ1) is 14.7. The molecule has 108 valence electrons. The minimum atomic E-state index is -0.257. The lowest BCUT2D eigenvalue weighted by molar-refractivity contribution is 0.0620. The zero-order chi connectivity index (χ0) is 14.7. The molecule has 2 rings (SSSR count). The number of H-pyrrole nitrogens is 1. The molecule has 1 aliphatic heterocycles. The molecule has 0 radical (unpaired) electrons. The van der Waals surface area contributed by atoms with E-state index in [-0.39, 0.29) is 22.9 Å². The summed E-state index contributed by atoms with van der Waals surface area (Å²) in [5.74, 6) is -0.227. The van der Waals surface area contributed by atoms with Crippen molar-refractivity contribution in [2.24, 2.45) is 5.73 Å². The van der Waals surface area contributed by atoms with E-state index in [0.717, 1.165) is 0 Å². The van der Waals surface area contributed by atoms with Crippen LogP contribution in [0.5, 0.6) is 0 Å². The Balaban J connectivity index is 2.01. The number of nitrogens with two attached hydrogens (primary N) is 1. The summed E-state index contributed by atoms with van der Waals surface area (Å²) >= 11 is 4.98. The number of carbonyl (C=O) groups excluding carboxylic acids is 1. The highest BCUT2D eigenvalue weighted by Crippen LogP contribution is 2.09. The number of nitrogens with zero attached hydrogens (tertiary/aromatic N) is 2. The van der Waals surface area contributed by atoms with Gasteiger partial charge in [0.05, 0.1) is 11.0 Å². The molecule has 1 atom stereocenters. The Morgan fingerprint density at radius 2 is 2.05 bits per heavy atom. The summed E-state index contributed by atoms with van der Waals surface area (Å²) in [5.41, 5.74) is 5.56. The van der Waals surface area contributed by atoms with Crippen molar-refractivity contribution in [2.45, 2.75) is 13.0 Å². The van der Waals surface area contributed by atoms with Gasteiger partial charge in [0.2, 0.25) is 0 Å². The zero-order valence-electron chi connectivity index (χ0n) is 11.3. The van der Waals surface area contributed by atoms with Gasteiger partial charge < -0.3 is 15.6 Å². The van der Waals surface area contributed by atoms with Gasteiger partial charge in [-0.25, -0.2) is 0 Å². The molecule has 1 fully saturated rings. The molecule has 0 bridgehead atoms. The Bertz CT molecular complexity index is 563. The molecule has 2 heterocycles. The van der Waals surface area contributed by atoms with Gasteiger partial charge in [-0.05, 0) is 6.92 Å². The van der Waals surface area contributed by atoms with E-state index in [1.165, 1.54) is 18.5 Å². The largest absolute Gasteiger partial charge is 0.392 e. The number of piperazine rings is 1. The normalized spacial score (nSPS) is 17.8. The number of thiocarbonyl (C=S) groups is 1. The monoisotopic (exact) mass is 294 g/mol. The second-order valence-corrected chi connectivity index (χ2v) is 5.30. The van der Waals surface area contributed by atoms with E-state index < -0.39 is 0 Å². The highest BCUT2D eigenvalue weighted by molar-refractivity contribution is 7.80. The lowest BCUT2D eigenvalue weighted by atomic mass is 10.2. The van der Waals surface area contributed by atoms with E-state index in [9.17, 15) is 9.59 Å². The first-order valence-electron chi connectivity index (χ1n) is 6.50. The summed E-state index contributed by atoms with van der Waals surface area (Å²) in [7, 11) is 0. The first-order chi connectivity index (χ1) is 9.50. The van der Waals surface area contributed by atoms with Crippen molar-refractivity contribution < 1.29 is 4.79 Å². The quantitative estimate of drug-likeness (QED) is 0.755. The molecule has 0 aromatic carbocycles. The van der Waals surface area contributed by atoms with Gasteiger partial charge >= 0.3 is 0 Å². The molecule has 1 amide bonds. The number of amides is 1. The minimum absolute atomic E-state index is 0.0300. The maximum absolute atomic E-state index is 12.3. The number of aromatic nitrogens is 1. The van der Waals surface area contributed by atoms with E-state index in [1.807, 2.05) is 6.92 Å². The summed E-state index contributed by atoms with van der Waals surface area (Å²) in [4.78, 5) is 31.0. The topological polar surface area (TPSA) is 82.4 Å². The Morgan fingerprint density at radius 1 is 1.40 bits per heavy atom. The van der Waals surface area contributed by atoms with Gasteiger partial charge in [-0.15, -0.1) is 0 Å². The van der Waals surface area contributed by atoms with E-state index in [2.05, 4.69) is 9.88 Å². The molecule has 1 saturated heterocycles. The lowest BCUT2D eigenvalue weighted by Gasteiger charge is -2.37. The Morgan fingerprint density at radius 3 is 2.60 bits per heavy atom. The van der Waals surface area contributed by atoms with Gasteiger partial charge in [-0.1, -0.05) is 12.2 Å². The first-order valence-corrected chi connectivity index (χ1v) is 6.91. The fourth-order valence-electron chi connectivity index (χ4n) is 2.25. The van der Waals surface area contributed by atoms with Crippen LogP contribution in [0.3, 0.4) is 0 Å². The van der Waals surface area contributed by atoms with E-state index in [4.69, 9.17) is 18.0 Å². The molecule has 0 aliphatic carbocycles. The van der Waals surface area contributed by atoms with Crippen molar-refractivity contribution in [3.8, 4) is 0 Å². The fourth-order valence-corrected chi connectivity index (χ4v) is 2.39. The van der Waals surface area contributed by atoms with E-state index >= 15 is 0 Å². The Hall–Kier alpha value is -1.73. The Kier molecular flexibility index (Phi) is 4.51. The molecule has 1 aliphatic rings. The maximum Gasteiger partial charge on any atom is 0.259 e. The number of aromatic amines is 1. The summed E-state index contributed by atoms with van der Waals surface area (Å²) in [6, 6.07) is 1.39. The number of carbonyl (C=O) groups is 1. The van der Waals surface area contributed by atoms with E-state index in [1.54, 1.807) is 4.90 Å². The number of hydrogen-bond donors (Lipinski definition) is 2. The van der Waals surface area contributed by atoms with Gasteiger partial charge in [0.25, 0.3) is 5.91 Å². The van der Waals surface area contributed by atoms with E-state index in [0.29, 0.717) is 31.2 Å². The molecular weight excluding hydrogens is 276 g/mol. The molecule has 3 N–H and O–H groups in total. The van der Waals surface area contributed by atoms with Crippen LogP contribution in [0.4, 0.5) is 0 Å². The molecule has 0 spiro atoms. The predicted octanol–water partition coefficient (Wildman–Crippen LogP) is -0.193. The molecule has 1 unspecified atom stereocenters. The minimum Gasteiger partial charge on any atom is -0.392 e.